The normalized spacial score (nSPS) is 11.3. The highest BCUT2D eigenvalue weighted by Crippen LogP contribution is 2.22. The van der Waals surface area contributed by atoms with Crippen LogP contribution in [0.5, 0.6) is 0 Å². The monoisotopic (exact) mass is 347 g/mol. The quantitative estimate of drug-likeness (QED) is 0.860. The van der Waals surface area contributed by atoms with E-state index >= 15 is 0 Å². The van der Waals surface area contributed by atoms with Crippen LogP contribution in [0.2, 0.25) is 0 Å². The minimum absolute atomic E-state index is 0.0469. The molecule has 0 heterocycles. The van der Waals surface area contributed by atoms with Gasteiger partial charge in [-0.1, -0.05) is 36.7 Å². The molecule has 0 bridgehead atoms. The average molecular weight is 349 g/mol. The van der Waals surface area contributed by atoms with Crippen LogP contribution < -0.4 is 5.32 Å². The van der Waals surface area contributed by atoms with Crippen molar-refractivity contribution in [2.75, 3.05) is 6.54 Å². The van der Waals surface area contributed by atoms with E-state index in [1.54, 1.807) is 6.07 Å². The number of nitrogens with one attached hydrogen (secondary N) is 1. The molecule has 1 aromatic carbocycles. The number of benzene rings is 1. The molecule has 0 unspecified atom stereocenters. The van der Waals surface area contributed by atoms with Crippen LogP contribution >= 0.6 is 31.9 Å². The minimum Gasteiger partial charge on any atom is -0.351 e. The van der Waals surface area contributed by atoms with E-state index in [1.165, 1.54) is 0 Å². The molecule has 0 saturated carbocycles. The topological polar surface area (TPSA) is 29.1 Å². The van der Waals surface area contributed by atoms with Crippen molar-refractivity contribution in [1.82, 2.24) is 5.32 Å². The lowest BCUT2D eigenvalue weighted by Gasteiger charge is -2.19. The number of rotatable bonds is 2. The Morgan fingerprint density at radius 1 is 1.31 bits per heavy atom. The van der Waals surface area contributed by atoms with Gasteiger partial charge in [-0.15, -0.1) is 0 Å². The molecule has 1 amide bonds. The largest absolute Gasteiger partial charge is 0.351 e. The van der Waals surface area contributed by atoms with Gasteiger partial charge < -0.3 is 5.32 Å². The molecule has 16 heavy (non-hydrogen) atoms. The number of carbonyl (C=O) groups excluding carboxylic acids is 1. The summed E-state index contributed by atoms with van der Waals surface area (Å²) in [6, 6.07) is 5.52. The van der Waals surface area contributed by atoms with Gasteiger partial charge in [-0.2, -0.15) is 0 Å². The summed E-state index contributed by atoms with van der Waals surface area (Å²) >= 11 is 6.73. The molecule has 2 nitrogen and oxygen atoms in total. The predicted octanol–water partition coefficient (Wildman–Crippen LogP) is 3.99. The maximum Gasteiger partial charge on any atom is 0.252 e. The lowest BCUT2D eigenvalue weighted by molar-refractivity contribution is 0.0938. The maximum absolute atomic E-state index is 11.9. The fourth-order valence-electron chi connectivity index (χ4n) is 1.11. The van der Waals surface area contributed by atoms with Gasteiger partial charge in [0.25, 0.3) is 5.91 Å². The summed E-state index contributed by atoms with van der Waals surface area (Å²) in [6.45, 7) is 6.92. The van der Waals surface area contributed by atoms with Gasteiger partial charge in [-0.25, -0.2) is 0 Å². The number of halogens is 2. The summed E-state index contributed by atoms with van der Waals surface area (Å²) in [5.74, 6) is -0.0469. The van der Waals surface area contributed by atoms with Crippen LogP contribution in [-0.4, -0.2) is 12.5 Å². The molecular weight excluding hydrogens is 334 g/mol. The summed E-state index contributed by atoms with van der Waals surface area (Å²) in [6.07, 6.45) is 0. The Morgan fingerprint density at radius 2 is 1.94 bits per heavy atom. The van der Waals surface area contributed by atoms with E-state index in [0.717, 1.165) is 8.95 Å². The molecule has 0 fully saturated rings. The second kappa shape index (κ2) is 5.32. The second-order valence-electron chi connectivity index (χ2n) is 4.87. The zero-order valence-corrected chi connectivity index (χ0v) is 12.8. The van der Waals surface area contributed by atoms with Crippen LogP contribution in [0.15, 0.2) is 27.1 Å². The predicted molar refractivity (Wildman–Crippen MR) is 73.6 cm³/mol. The first-order chi connectivity index (χ1) is 7.29. The number of amides is 1. The Balaban J connectivity index is 2.74. The van der Waals surface area contributed by atoms with E-state index in [2.05, 4.69) is 57.9 Å². The van der Waals surface area contributed by atoms with Gasteiger partial charge in [0.2, 0.25) is 0 Å². The van der Waals surface area contributed by atoms with Gasteiger partial charge >= 0.3 is 0 Å². The molecule has 1 aromatic rings. The highest BCUT2D eigenvalue weighted by Gasteiger charge is 2.14. The van der Waals surface area contributed by atoms with Crippen molar-refractivity contribution in [3.8, 4) is 0 Å². The van der Waals surface area contributed by atoms with E-state index in [9.17, 15) is 4.79 Å². The van der Waals surface area contributed by atoms with Crippen LogP contribution in [0.3, 0.4) is 0 Å². The minimum atomic E-state index is -0.0469. The molecule has 0 radical (unpaired) electrons. The summed E-state index contributed by atoms with van der Waals surface area (Å²) < 4.78 is 1.75. The zero-order valence-electron chi connectivity index (χ0n) is 9.60. The van der Waals surface area contributed by atoms with Gasteiger partial charge in [0.05, 0.1) is 5.56 Å². The van der Waals surface area contributed by atoms with E-state index in [1.807, 2.05) is 12.1 Å². The highest BCUT2D eigenvalue weighted by atomic mass is 79.9. The smallest absolute Gasteiger partial charge is 0.252 e. The van der Waals surface area contributed by atoms with Crippen LogP contribution in [0.4, 0.5) is 0 Å². The molecular formula is C12H15Br2NO. The molecule has 1 rings (SSSR count). The van der Waals surface area contributed by atoms with Gasteiger partial charge in [-0.05, 0) is 39.5 Å². The van der Waals surface area contributed by atoms with Crippen molar-refractivity contribution in [3.63, 3.8) is 0 Å². The van der Waals surface area contributed by atoms with Crippen LogP contribution in [-0.2, 0) is 0 Å². The Kier molecular flexibility index (Phi) is 4.56. The molecule has 0 aliphatic carbocycles. The number of carbonyl (C=O) groups is 1. The molecule has 0 aliphatic rings. The summed E-state index contributed by atoms with van der Waals surface area (Å²) in [5, 5.41) is 2.91. The second-order valence-corrected chi connectivity index (χ2v) is 6.64. The molecule has 4 heteroatoms. The van der Waals surface area contributed by atoms with Crippen molar-refractivity contribution >= 4 is 37.8 Å². The average Bonchev–Trinajstić information content (AvgIpc) is 2.13. The lowest BCUT2D eigenvalue weighted by atomic mass is 9.97. The van der Waals surface area contributed by atoms with Crippen molar-refractivity contribution in [2.45, 2.75) is 20.8 Å². The van der Waals surface area contributed by atoms with Crippen LogP contribution in [0.25, 0.3) is 0 Å². The SMILES string of the molecule is CC(C)(C)CNC(=O)c1ccc(Br)cc1Br. The fourth-order valence-corrected chi connectivity index (χ4v) is 2.34. The number of hydrogen-bond donors (Lipinski definition) is 1. The zero-order chi connectivity index (χ0) is 12.3. The Morgan fingerprint density at radius 3 is 2.44 bits per heavy atom. The van der Waals surface area contributed by atoms with Crippen molar-refractivity contribution in [3.05, 3.63) is 32.7 Å². The maximum atomic E-state index is 11.9. The third-order valence-corrected chi connectivity index (χ3v) is 3.10. The number of hydrogen-bond acceptors (Lipinski definition) is 1. The Labute approximate surface area is 113 Å². The van der Waals surface area contributed by atoms with Gasteiger partial charge in [-0.3, -0.25) is 4.79 Å². The Bertz CT molecular complexity index is 396. The lowest BCUT2D eigenvalue weighted by Crippen LogP contribution is -2.32. The third-order valence-electron chi connectivity index (χ3n) is 1.96. The van der Waals surface area contributed by atoms with E-state index in [4.69, 9.17) is 0 Å². The third kappa shape index (κ3) is 4.26. The van der Waals surface area contributed by atoms with Crippen molar-refractivity contribution in [2.24, 2.45) is 5.41 Å². The molecule has 0 atom stereocenters. The van der Waals surface area contributed by atoms with E-state index in [-0.39, 0.29) is 11.3 Å². The first-order valence-corrected chi connectivity index (χ1v) is 6.61. The first kappa shape index (κ1) is 13.7. The molecule has 0 saturated heterocycles. The summed E-state index contributed by atoms with van der Waals surface area (Å²) in [4.78, 5) is 11.9. The van der Waals surface area contributed by atoms with Gasteiger partial charge in [0.15, 0.2) is 0 Å². The van der Waals surface area contributed by atoms with Gasteiger partial charge in [0, 0.05) is 15.5 Å². The standard InChI is InChI=1S/C12H15Br2NO/c1-12(2,3)7-15-11(16)9-5-4-8(13)6-10(9)14/h4-6H,7H2,1-3H3,(H,15,16). The van der Waals surface area contributed by atoms with Gasteiger partial charge in [0.1, 0.15) is 0 Å². The summed E-state index contributed by atoms with van der Waals surface area (Å²) in [7, 11) is 0. The first-order valence-electron chi connectivity index (χ1n) is 5.03. The molecule has 0 spiro atoms. The van der Waals surface area contributed by atoms with Crippen LogP contribution in [0.1, 0.15) is 31.1 Å². The molecule has 88 valence electrons. The Hall–Kier alpha value is -0.350. The molecule has 0 aliphatic heterocycles. The van der Waals surface area contributed by atoms with E-state index < -0.39 is 0 Å². The molecule has 0 aromatic heterocycles. The van der Waals surface area contributed by atoms with Crippen LogP contribution in [0, 0.1) is 5.41 Å². The summed E-state index contributed by atoms with van der Waals surface area (Å²) in [5.41, 5.74) is 0.754. The van der Waals surface area contributed by atoms with E-state index in [0.29, 0.717) is 12.1 Å². The highest BCUT2D eigenvalue weighted by molar-refractivity contribution is 9.11. The molecule has 1 N–H and O–H groups in total. The van der Waals surface area contributed by atoms with Crippen molar-refractivity contribution in [1.29, 1.82) is 0 Å². The fraction of sp³-hybridized carbons (Fsp3) is 0.417. The van der Waals surface area contributed by atoms with Crippen molar-refractivity contribution < 1.29 is 4.79 Å².